The number of carboxylic acids is 1. The predicted octanol–water partition coefficient (Wildman–Crippen LogP) is 3.97. The Bertz CT molecular complexity index is 628. The van der Waals surface area contributed by atoms with Crippen LogP contribution in [-0.2, 0) is 17.8 Å². The standard InChI is InChI=1S/C15H18ClNO2/c1-4-17-10(9-15(2,3)14(18)19)8-11-12(16)6-5-7-13(11)17/h5-8H,4,9H2,1-3H3,(H,18,19). The number of aromatic nitrogens is 1. The van der Waals surface area contributed by atoms with Gasteiger partial charge in [-0.05, 0) is 39.0 Å². The fraction of sp³-hybridized carbons (Fsp3) is 0.400. The van der Waals surface area contributed by atoms with Crippen molar-refractivity contribution < 1.29 is 9.90 Å². The molecule has 0 atom stereocenters. The van der Waals surface area contributed by atoms with E-state index >= 15 is 0 Å². The van der Waals surface area contributed by atoms with Gasteiger partial charge in [0.05, 0.1) is 5.41 Å². The van der Waals surface area contributed by atoms with Crippen LogP contribution >= 0.6 is 11.6 Å². The lowest BCUT2D eigenvalue weighted by molar-refractivity contribution is -0.146. The molecule has 1 aromatic carbocycles. The fourth-order valence-electron chi connectivity index (χ4n) is 2.35. The van der Waals surface area contributed by atoms with Crippen LogP contribution in [0.5, 0.6) is 0 Å². The van der Waals surface area contributed by atoms with Crippen LogP contribution in [0.3, 0.4) is 0 Å². The van der Waals surface area contributed by atoms with E-state index in [0.29, 0.717) is 11.4 Å². The molecule has 0 bridgehead atoms. The highest BCUT2D eigenvalue weighted by Crippen LogP contribution is 2.30. The van der Waals surface area contributed by atoms with E-state index < -0.39 is 11.4 Å². The Kier molecular flexibility index (Phi) is 3.59. The first-order chi connectivity index (χ1) is 8.86. The molecule has 0 aliphatic heterocycles. The van der Waals surface area contributed by atoms with Crippen LogP contribution in [-0.4, -0.2) is 15.6 Å². The summed E-state index contributed by atoms with van der Waals surface area (Å²) in [4.78, 5) is 11.3. The van der Waals surface area contributed by atoms with Crippen molar-refractivity contribution in [3.05, 3.63) is 35.0 Å². The van der Waals surface area contributed by atoms with Gasteiger partial charge in [0.25, 0.3) is 0 Å². The van der Waals surface area contributed by atoms with E-state index in [0.717, 1.165) is 23.1 Å². The first kappa shape index (κ1) is 13.9. The van der Waals surface area contributed by atoms with Crippen LogP contribution in [0, 0.1) is 5.41 Å². The van der Waals surface area contributed by atoms with E-state index in [1.54, 1.807) is 13.8 Å². The Balaban J connectivity index is 2.55. The lowest BCUT2D eigenvalue weighted by atomic mass is 9.88. The molecule has 0 saturated heterocycles. The van der Waals surface area contributed by atoms with Crippen LogP contribution in [0.15, 0.2) is 24.3 Å². The summed E-state index contributed by atoms with van der Waals surface area (Å²) in [5, 5.41) is 11.0. The number of fused-ring (bicyclic) bond motifs is 1. The Morgan fingerprint density at radius 3 is 2.68 bits per heavy atom. The third kappa shape index (κ3) is 2.47. The number of aryl methyl sites for hydroxylation is 1. The summed E-state index contributed by atoms with van der Waals surface area (Å²) in [6, 6.07) is 7.80. The van der Waals surface area contributed by atoms with Crippen LogP contribution < -0.4 is 0 Å². The monoisotopic (exact) mass is 279 g/mol. The second-order valence-corrected chi connectivity index (χ2v) is 5.83. The number of hydrogen-bond acceptors (Lipinski definition) is 1. The maximum absolute atomic E-state index is 11.3. The molecule has 102 valence electrons. The molecule has 4 heteroatoms. The quantitative estimate of drug-likeness (QED) is 0.920. The molecule has 1 heterocycles. The minimum absolute atomic E-state index is 0.487. The van der Waals surface area contributed by atoms with E-state index in [1.807, 2.05) is 24.3 Å². The van der Waals surface area contributed by atoms with Gasteiger partial charge in [0, 0.05) is 34.6 Å². The molecule has 2 rings (SSSR count). The van der Waals surface area contributed by atoms with Gasteiger partial charge in [-0.15, -0.1) is 0 Å². The molecule has 0 amide bonds. The maximum atomic E-state index is 11.3. The smallest absolute Gasteiger partial charge is 0.309 e. The molecule has 0 radical (unpaired) electrons. The average Bonchev–Trinajstić information content (AvgIpc) is 2.67. The van der Waals surface area contributed by atoms with Crippen molar-refractivity contribution in [3.63, 3.8) is 0 Å². The molecule has 0 spiro atoms. The Morgan fingerprint density at radius 2 is 2.11 bits per heavy atom. The molecule has 2 aromatic rings. The fourth-order valence-corrected chi connectivity index (χ4v) is 2.58. The number of hydrogen-bond donors (Lipinski definition) is 1. The molecule has 0 aliphatic carbocycles. The highest BCUT2D eigenvalue weighted by molar-refractivity contribution is 6.35. The van der Waals surface area contributed by atoms with Gasteiger partial charge in [-0.2, -0.15) is 0 Å². The first-order valence-corrected chi connectivity index (χ1v) is 6.74. The first-order valence-electron chi connectivity index (χ1n) is 6.37. The zero-order valence-electron chi connectivity index (χ0n) is 11.4. The van der Waals surface area contributed by atoms with E-state index in [9.17, 15) is 9.90 Å². The molecule has 1 aromatic heterocycles. The SMILES string of the molecule is CCn1c(CC(C)(C)C(=O)O)cc2c(Cl)cccc21. The van der Waals surface area contributed by atoms with Crippen LogP contribution in [0.4, 0.5) is 0 Å². The molecule has 0 unspecified atom stereocenters. The minimum Gasteiger partial charge on any atom is -0.481 e. The predicted molar refractivity (Wildman–Crippen MR) is 77.7 cm³/mol. The molecule has 0 saturated carbocycles. The van der Waals surface area contributed by atoms with Crippen molar-refractivity contribution in [1.82, 2.24) is 4.57 Å². The van der Waals surface area contributed by atoms with Gasteiger partial charge in [-0.25, -0.2) is 0 Å². The summed E-state index contributed by atoms with van der Waals surface area (Å²) in [7, 11) is 0. The Morgan fingerprint density at radius 1 is 1.42 bits per heavy atom. The largest absolute Gasteiger partial charge is 0.481 e. The number of aliphatic carboxylic acids is 1. The minimum atomic E-state index is -0.786. The van der Waals surface area contributed by atoms with Crippen molar-refractivity contribution in [1.29, 1.82) is 0 Å². The molecular weight excluding hydrogens is 262 g/mol. The van der Waals surface area contributed by atoms with Crippen molar-refractivity contribution in [2.75, 3.05) is 0 Å². The molecule has 3 nitrogen and oxygen atoms in total. The summed E-state index contributed by atoms with van der Waals surface area (Å²) < 4.78 is 2.13. The summed E-state index contributed by atoms with van der Waals surface area (Å²) in [5.41, 5.74) is 1.29. The van der Waals surface area contributed by atoms with Gasteiger partial charge in [-0.1, -0.05) is 17.7 Å². The normalized spacial score (nSPS) is 12.0. The number of benzene rings is 1. The van der Waals surface area contributed by atoms with Gasteiger partial charge in [-0.3, -0.25) is 4.79 Å². The van der Waals surface area contributed by atoms with E-state index in [2.05, 4.69) is 11.5 Å². The van der Waals surface area contributed by atoms with Crippen molar-refractivity contribution in [2.45, 2.75) is 33.7 Å². The highest BCUT2D eigenvalue weighted by Gasteiger charge is 2.29. The third-order valence-corrected chi connectivity index (χ3v) is 3.83. The van der Waals surface area contributed by atoms with Crippen LogP contribution in [0.2, 0.25) is 5.02 Å². The van der Waals surface area contributed by atoms with E-state index in [4.69, 9.17) is 11.6 Å². The van der Waals surface area contributed by atoms with Gasteiger partial charge in [0.1, 0.15) is 0 Å². The Hall–Kier alpha value is -1.48. The van der Waals surface area contributed by atoms with Gasteiger partial charge in [0.15, 0.2) is 0 Å². The van der Waals surface area contributed by atoms with Gasteiger partial charge in [0.2, 0.25) is 0 Å². The number of halogens is 1. The van der Waals surface area contributed by atoms with Crippen molar-refractivity contribution >= 4 is 28.5 Å². The zero-order valence-corrected chi connectivity index (χ0v) is 12.2. The van der Waals surface area contributed by atoms with Crippen molar-refractivity contribution in [2.24, 2.45) is 5.41 Å². The number of carboxylic acid groups (broad SMARTS) is 1. The summed E-state index contributed by atoms with van der Waals surface area (Å²) in [6.07, 6.45) is 0.487. The summed E-state index contributed by atoms with van der Waals surface area (Å²) in [6.45, 7) is 6.34. The van der Waals surface area contributed by atoms with E-state index in [-0.39, 0.29) is 0 Å². The number of carbonyl (C=O) groups is 1. The molecule has 1 N–H and O–H groups in total. The van der Waals surface area contributed by atoms with Crippen LogP contribution in [0.1, 0.15) is 26.5 Å². The number of rotatable bonds is 4. The summed E-state index contributed by atoms with van der Waals surface area (Å²) in [5.74, 6) is -0.786. The summed E-state index contributed by atoms with van der Waals surface area (Å²) >= 11 is 6.20. The van der Waals surface area contributed by atoms with Gasteiger partial charge >= 0.3 is 5.97 Å². The maximum Gasteiger partial charge on any atom is 0.309 e. The second-order valence-electron chi connectivity index (χ2n) is 5.42. The molecule has 19 heavy (non-hydrogen) atoms. The van der Waals surface area contributed by atoms with Gasteiger partial charge < -0.3 is 9.67 Å². The molecular formula is C15H18ClNO2. The highest BCUT2D eigenvalue weighted by atomic mass is 35.5. The molecule has 0 fully saturated rings. The second kappa shape index (κ2) is 4.89. The van der Waals surface area contributed by atoms with E-state index in [1.165, 1.54) is 0 Å². The van der Waals surface area contributed by atoms with Crippen LogP contribution in [0.25, 0.3) is 10.9 Å². The number of nitrogens with zero attached hydrogens (tertiary/aromatic N) is 1. The topological polar surface area (TPSA) is 42.2 Å². The van der Waals surface area contributed by atoms with Crippen molar-refractivity contribution in [3.8, 4) is 0 Å². The zero-order chi connectivity index (χ0) is 14.2. The lowest BCUT2D eigenvalue weighted by Crippen LogP contribution is -2.27. The third-order valence-electron chi connectivity index (χ3n) is 3.50. The molecule has 0 aliphatic rings. The average molecular weight is 280 g/mol. The Labute approximate surface area is 117 Å². The lowest BCUT2D eigenvalue weighted by Gasteiger charge is -2.20.